The van der Waals surface area contributed by atoms with E-state index in [0.29, 0.717) is 0 Å². The van der Waals surface area contributed by atoms with Gasteiger partial charge in [0.05, 0.1) is 6.61 Å². The summed E-state index contributed by atoms with van der Waals surface area (Å²) in [6.07, 6.45) is 5.05. The van der Waals surface area contributed by atoms with Gasteiger partial charge in [0.2, 0.25) is 0 Å². The summed E-state index contributed by atoms with van der Waals surface area (Å²) in [5, 5.41) is 0. The Labute approximate surface area is 77.2 Å². The van der Waals surface area contributed by atoms with Crippen LogP contribution >= 0.6 is 0 Å². The molecule has 0 rings (SSSR count). The van der Waals surface area contributed by atoms with Gasteiger partial charge >= 0.3 is 11.9 Å². The molecule has 0 aromatic carbocycles. The first-order valence-corrected chi connectivity index (χ1v) is 3.81. The van der Waals surface area contributed by atoms with Gasteiger partial charge in [-0.3, -0.25) is 0 Å². The number of terminal acetylenes is 1. The maximum Gasteiger partial charge on any atom is 0.418 e. The van der Waals surface area contributed by atoms with Crippen molar-refractivity contribution in [2.45, 2.75) is 26.4 Å². The Morgan fingerprint density at radius 1 is 1.38 bits per heavy atom. The van der Waals surface area contributed by atoms with Gasteiger partial charge in [-0.05, 0) is 20.8 Å². The third-order valence-electron chi connectivity index (χ3n) is 1.14. The van der Waals surface area contributed by atoms with Gasteiger partial charge in [0.1, 0.15) is 0 Å². The molecule has 72 valence electrons. The zero-order valence-corrected chi connectivity index (χ0v) is 7.92. The first-order chi connectivity index (χ1) is 5.93. The summed E-state index contributed by atoms with van der Waals surface area (Å²) in [5.41, 5.74) is -1.08. The van der Waals surface area contributed by atoms with E-state index >= 15 is 0 Å². The average molecular weight is 184 g/mol. The van der Waals surface area contributed by atoms with E-state index in [1.807, 2.05) is 0 Å². The van der Waals surface area contributed by atoms with Crippen molar-refractivity contribution in [3.05, 3.63) is 0 Å². The molecule has 0 aliphatic heterocycles. The van der Waals surface area contributed by atoms with Crippen molar-refractivity contribution in [3.63, 3.8) is 0 Å². The number of rotatable bonds is 2. The van der Waals surface area contributed by atoms with Crippen LogP contribution in [0.15, 0.2) is 0 Å². The average Bonchev–Trinajstić information content (AvgIpc) is 2.04. The fraction of sp³-hybridized carbons (Fsp3) is 0.556. The highest BCUT2D eigenvalue weighted by Gasteiger charge is 2.25. The minimum atomic E-state index is -1.08. The van der Waals surface area contributed by atoms with E-state index in [-0.39, 0.29) is 6.61 Å². The number of carbonyl (C=O) groups is 2. The first-order valence-electron chi connectivity index (χ1n) is 3.81. The lowest BCUT2D eigenvalue weighted by molar-refractivity contribution is -0.172. The van der Waals surface area contributed by atoms with Gasteiger partial charge in [-0.2, -0.15) is 0 Å². The molecular weight excluding hydrogens is 172 g/mol. The molecule has 0 spiro atoms. The SMILES string of the molecule is C#CC(C)(C)OC(=O)C(=O)OCC. The first kappa shape index (κ1) is 11.5. The Bertz CT molecular complexity index is 247. The van der Waals surface area contributed by atoms with Gasteiger partial charge in [0.15, 0.2) is 5.60 Å². The van der Waals surface area contributed by atoms with Crippen LogP contribution in [0.5, 0.6) is 0 Å². The number of carbonyl (C=O) groups excluding carboxylic acids is 2. The third-order valence-corrected chi connectivity index (χ3v) is 1.14. The van der Waals surface area contributed by atoms with Crippen molar-refractivity contribution >= 4 is 11.9 Å². The molecule has 0 aliphatic rings. The largest absolute Gasteiger partial charge is 0.458 e. The standard InChI is InChI=1S/C9H12O4/c1-5-9(3,4)13-8(11)7(10)12-6-2/h1H,6H2,2-4H3. The third kappa shape index (κ3) is 4.16. The second kappa shape index (κ2) is 4.51. The zero-order chi connectivity index (χ0) is 10.5. The number of ether oxygens (including phenoxy) is 2. The summed E-state index contributed by atoms with van der Waals surface area (Å²) >= 11 is 0. The van der Waals surface area contributed by atoms with Gasteiger partial charge in [0, 0.05) is 0 Å². The molecule has 0 aliphatic carbocycles. The minimum absolute atomic E-state index is 0.129. The molecule has 0 aromatic heterocycles. The van der Waals surface area contributed by atoms with Crippen molar-refractivity contribution in [2.75, 3.05) is 6.61 Å². The van der Waals surface area contributed by atoms with Crippen molar-refractivity contribution in [1.29, 1.82) is 0 Å². The Kier molecular flexibility index (Phi) is 3.99. The molecule has 0 atom stereocenters. The smallest absolute Gasteiger partial charge is 0.418 e. The maximum absolute atomic E-state index is 10.9. The van der Waals surface area contributed by atoms with Crippen molar-refractivity contribution in [1.82, 2.24) is 0 Å². The highest BCUT2D eigenvalue weighted by Crippen LogP contribution is 2.07. The van der Waals surface area contributed by atoms with Crippen LogP contribution in [0.4, 0.5) is 0 Å². The van der Waals surface area contributed by atoms with Crippen LogP contribution < -0.4 is 0 Å². The highest BCUT2D eigenvalue weighted by molar-refractivity contribution is 6.29. The normalized spacial score (nSPS) is 10.0. The van der Waals surface area contributed by atoms with Crippen LogP contribution in [0.25, 0.3) is 0 Å². The van der Waals surface area contributed by atoms with Crippen molar-refractivity contribution in [3.8, 4) is 12.3 Å². The van der Waals surface area contributed by atoms with E-state index in [1.54, 1.807) is 6.92 Å². The summed E-state index contributed by atoms with van der Waals surface area (Å²) in [4.78, 5) is 21.7. The van der Waals surface area contributed by atoms with E-state index in [9.17, 15) is 9.59 Å². The van der Waals surface area contributed by atoms with Gasteiger partial charge in [-0.15, -0.1) is 6.42 Å². The summed E-state index contributed by atoms with van der Waals surface area (Å²) in [6.45, 7) is 4.73. The van der Waals surface area contributed by atoms with Crippen LogP contribution in [0.1, 0.15) is 20.8 Å². The summed E-state index contributed by atoms with van der Waals surface area (Å²) < 4.78 is 9.06. The van der Waals surface area contributed by atoms with E-state index in [0.717, 1.165) is 0 Å². The Morgan fingerprint density at radius 3 is 2.31 bits per heavy atom. The van der Waals surface area contributed by atoms with E-state index < -0.39 is 17.5 Å². The highest BCUT2D eigenvalue weighted by atomic mass is 16.6. The predicted octanol–water partition coefficient (Wildman–Crippen LogP) is 0.504. The number of hydrogen-bond donors (Lipinski definition) is 0. The molecule has 0 aromatic rings. The molecule has 0 bridgehead atoms. The van der Waals surface area contributed by atoms with E-state index in [4.69, 9.17) is 6.42 Å². The number of esters is 2. The second-order valence-corrected chi connectivity index (χ2v) is 2.76. The van der Waals surface area contributed by atoms with Crippen molar-refractivity contribution < 1.29 is 19.1 Å². The molecule has 4 heteroatoms. The lowest BCUT2D eigenvalue weighted by Gasteiger charge is -2.17. The van der Waals surface area contributed by atoms with Gasteiger partial charge in [-0.25, -0.2) is 9.59 Å². The molecule has 0 saturated heterocycles. The Morgan fingerprint density at radius 2 is 1.92 bits per heavy atom. The zero-order valence-electron chi connectivity index (χ0n) is 7.92. The molecule has 0 N–H and O–H groups in total. The monoisotopic (exact) mass is 184 g/mol. The molecule has 0 fully saturated rings. The lowest BCUT2D eigenvalue weighted by Crippen LogP contribution is -2.31. The molecule has 4 nitrogen and oxygen atoms in total. The molecule has 0 amide bonds. The topological polar surface area (TPSA) is 52.6 Å². The van der Waals surface area contributed by atoms with Gasteiger partial charge in [-0.1, -0.05) is 5.92 Å². The Balaban J connectivity index is 4.17. The predicted molar refractivity (Wildman–Crippen MR) is 45.6 cm³/mol. The number of hydrogen-bond acceptors (Lipinski definition) is 4. The van der Waals surface area contributed by atoms with Crippen LogP contribution in [0, 0.1) is 12.3 Å². The minimum Gasteiger partial charge on any atom is -0.458 e. The van der Waals surface area contributed by atoms with Crippen LogP contribution in [0.3, 0.4) is 0 Å². The molecule has 13 heavy (non-hydrogen) atoms. The second-order valence-electron chi connectivity index (χ2n) is 2.76. The van der Waals surface area contributed by atoms with E-state index in [2.05, 4.69) is 15.4 Å². The lowest BCUT2D eigenvalue weighted by atomic mass is 10.1. The molecule has 0 unspecified atom stereocenters. The van der Waals surface area contributed by atoms with Crippen LogP contribution in [0.2, 0.25) is 0 Å². The quantitative estimate of drug-likeness (QED) is 0.356. The fourth-order valence-corrected chi connectivity index (χ4v) is 0.493. The van der Waals surface area contributed by atoms with Crippen molar-refractivity contribution in [2.24, 2.45) is 0 Å². The van der Waals surface area contributed by atoms with Crippen LogP contribution in [-0.2, 0) is 19.1 Å². The van der Waals surface area contributed by atoms with Gasteiger partial charge < -0.3 is 9.47 Å². The molecule has 0 saturated carbocycles. The Hall–Kier alpha value is -1.50. The molecule has 0 radical (unpaired) electrons. The molecular formula is C9H12O4. The van der Waals surface area contributed by atoms with Gasteiger partial charge in [0.25, 0.3) is 0 Å². The summed E-state index contributed by atoms with van der Waals surface area (Å²) in [5.74, 6) is 0.131. The summed E-state index contributed by atoms with van der Waals surface area (Å²) in [6, 6.07) is 0. The fourth-order valence-electron chi connectivity index (χ4n) is 0.493. The maximum atomic E-state index is 10.9. The summed E-state index contributed by atoms with van der Waals surface area (Å²) in [7, 11) is 0. The van der Waals surface area contributed by atoms with Crippen LogP contribution in [-0.4, -0.2) is 24.1 Å². The van der Waals surface area contributed by atoms with E-state index in [1.165, 1.54) is 13.8 Å². The molecule has 0 heterocycles.